The van der Waals surface area contributed by atoms with Crippen molar-refractivity contribution in [3.63, 3.8) is 0 Å². The van der Waals surface area contributed by atoms with Gasteiger partial charge in [-0.3, -0.25) is 0 Å². The van der Waals surface area contributed by atoms with Gasteiger partial charge in [0.05, 0.1) is 6.04 Å². The van der Waals surface area contributed by atoms with Crippen LogP contribution in [0, 0.1) is 0 Å². The number of aromatic nitrogens is 2. The molecule has 15 heavy (non-hydrogen) atoms. The summed E-state index contributed by atoms with van der Waals surface area (Å²) >= 11 is 0. The molecule has 1 aromatic heterocycles. The number of nitrogens with zero attached hydrogens (tertiary/aromatic N) is 2. The normalized spacial score (nSPS) is 11.8. The first-order chi connectivity index (χ1) is 6.86. The van der Waals surface area contributed by atoms with E-state index >= 15 is 0 Å². The Morgan fingerprint density at radius 3 is 2.60 bits per heavy atom. The highest BCUT2D eigenvalue weighted by atomic mass is 35.5. The highest BCUT2D eigenvalue weighted by Crippen LogP contribution is 2.11. The van der Waals surface area contributed by atoms with E-state index in [-0.39, 0.29) is 18.4 Å². The van der Waals surface area contributed by atoms with Gasteiger partial charge in [0.1, 0.15) is 0 Å². The fourth-order valence-electron chi connectivity index (χ4n) is 1.30. The predicted octanol–water partition coefficient (Wildman–Crippen LogP) is 1.73. The summed E-state index contributed by atoms with van der Waals surface area (Å²) in [6.07, 6.45) is 2.01. The summed E-state index contributed by atoms with van der Waals surface area (Å²) in [5.41, 5.74) is 7.06. The molecule has 0 radical (unpaired) electrons. The van der Waals surface area contributed by atoms with Crippen molar-refractivity contribution in [3.05, 3.63) is 48.1 Å². The summed E-state index contributed by atoms with van der Waals surface area (Å²) in [6, 6.07) is 9.80. The molecule has 4 nitrogen and oxygen atoms in total. The van der Waals surface area contributed by atoms with Gasteiger partial charge >= 0.3 is 0 Å². The lowest BCUT2D eigenvalue weighted by Crippen LogP contribution is -2.14. The van der Waals surface area contributed by atoms with Crippen molar-refractivity contribution in [2.45, 2.75) is 12.5 Å². The quantitative estimate of drug-likeness (QED) is 0.864. The Hall–Kier alpha value is -1.39. The molecular formula is C10H12ClN3O. The van der Waals surface area contributed by atoms with E-state index in [0.29, 0.717) is 5.82 Å². The van der Waals surface area contributed by atoms with Crippen LogP contribution in [0.3, 0.4) is 0 Å². The fourth-order valence-corrected chi connectivity index (χ4v) is 1.30. The van der Waals surface area contributed by atoms with Crippen LogP contribution in [-0.2, 0) is 6.42 Å². The summed E-state index contributed by atoms with van der Waals surface area (Å²) in [7, 11) is 0. The van der Waals surface area contributed by atoms with Gasteiger partial charge in [-0.05, 0) is 12.0 Å². The first kappa shape index (κ1) is 11.7. The van der Waals surface area contributed by atoms with Crippen molar-refractivity contribution < 1.29 is 4.52 Å². The van der Waals surface area contributed by atoms with Crippen LogP contribution in [0.15, 0.2) is 41.2 Å². The monoisotopic (exact) mass is 225 g/mol. The Morgan fingerprint density at radius 2 is 2.00 bits per heavy atom. The van der Waals surface area contributed by atoms with Crippen molar-refractivity contribution in [1.82, 2.24) is 10.1 Å². The van der Waals surface area contributed by atoms with Gasteiger partial charge in [0.2, 0.25) is 6.39 Å². The van der Waals surface area contributed by atoms with Crippen LogP contribution in [-0.4, -0.2) is 10.1 Å². The zero-order chi connectivity index (χ0) is 9.80. The van der Waals surface area contributed by atoms with E-state index in [9.17, 15) is 0 Å². The van der Waals surface area contributed by atoms with E-state index in [0.717, 1.165) is 6.42 Å². The van der Waals surface area contributed by atoms with Crippen LogP contribution in [0.4, 0.5) is 0 Å². The largest absolute Gasteiger partial charge is 0.343 e. The van der Waals surface area contributed by atoms with Gasteiger partial charge < -0.3 is 10.3 Å². The Morgan fingerprint density at radius 1 is 1.27 bits per heavy atom. The zero-order valence-electron chi connectivity index (χ0n) is 8.04. The summed E-state index contributed by atoms with van der Waals surface area (Å²) in [4.78, 5) is 3.91. The van der Waals surface area contributed by atoms with Gasteiger partial charge in [0.15, 0.2) is 5.82 Å². The second kappa shape index (κ2) is 5.48. The van der Waals surface area contributed by atoms with E-state index in [1.54, 1.807) is 0 Å². The van der Waals surface area contributed by atoms with Crippen molar-refractivity contribution in [2.24, 2.45) is 5.73 Å². The molecule has 0 spiro atoms. The highest BCUT2D eigenvalue weighted by Gasteiger charge is 2.10. The number of hydrogen-bond donors (Lipinski definition) is 1. The maximum atomic E-state index is 5.89. The molecule has 2 N–H and O–H groups in total. The second-order valence-corrected chi connectivity index (χ2v) is 3.09. The lowest BCUT2D eigenvalue weighted by atomic mass is 10.1. The number of hydrogen-bond acceptors (Lipinski definition) is 4. The standard InChI is InChI=1S/C10H11N3O.ClH/c11-9(10-12-7-14-13-10)6-8-4-2-1-3-5-8;/h1-5,7,9H,6,11H2;1H. The van der Waals surface area contributed by atoms with E-state index in [2.05, 4.69) is 14.7 Å². The molecule has 2 rings (SSSR count). The lowest BCUT2D eigenvalue weighted by Gasteiger charge is -2.06. The van der Waals surface area contributed by atoms with Gasteiger partial charge in [-0.1, -0.05) is 35.5 Å². The Kier molecular flexibility index (Phi) is 4.27. The van der Waals surface area contributed by atoms with E-state index in [4.69, 9.17) is 5.73 Å². The predicted molar refractivity (Wildman–Crippen MR) is 58.6 cm³/mol. The van der Waals surface area contributed by atoms with Crippen LogP contribution < -0.4 is 5.73 Å². The number of nitrogens with two attached hydrogens (primary N) is 1. The molecule has 5 heteroatoms. The molecule has 1 atom stereocenters. The summed E-state index contributed by atoms with van der Waals surface area (Å²) in [5, 5.41) is 3.70. The van der Waals surface area contributed by atoms with Crippen LogP contribution in [0.2, 0.25) is 0 Å². The smallest absolute Gasteiger partial charge is 0.213 e. The maximum Gasteiger partial charge on any atom is 0.213 e. The first-order valence-electron chi connectivity index (χ1n) is 4.42. The molecule has 0 aliphatic carbocycles. The maximum absolute atomic E-state index is 5.89. The van der Waals surface area contributed by atoms with E-state index < -0.39 is 0 Å². The topological polar surface area (TPSA) is 64.9 Å². The summed E-state index contributed by atoms with van der Waals surface area (Å²) in [6.45, 7) is 0. The molecule has 1 aromatic carbocycles. The number of rotatable bonds is 3. The summed E-state index contributed by atoms with van der Waals surface area (Å²) < 4.78 is 4.63. The molecule has 1 heterocycles. The van der Waals surface area contributed by atoms with Crippen LogP contribution in [0.5, 0.6) is 0 Å². The fraction of sp³-hybridized carbons (Fsp3) is 0.200. The minimum atomic E-state index is -0.198. The van der Waals surface area contributed by atoms with Crippen LogP contribution >= 0.6 is 12.4 Å². The van der Waals surface area contributed by atoms with Crippen molar-refractivity contribution in [1.29, 1.82) is 0 Å². The Bertz CT molecular complexity index is 377. The van der Waals surface area contributed by atoms with Gasteiger partial charge in [0, 0.05) is 0 Å². The zero-order valence-corrected chi connectivity index (χ0v) is 8.85. The molecule has 0 saturated carbocycles. The van der Waals surface area contributed by atoms with Crippen molar-refractivity contribution in [3.8, 4) is 0 Å². The average molecular weight is 226 g/mol. The Balaban J connectivity index is 0.00000112. The molecular weight excluding hydrogens is 214 g/mol. The average Bonchev–Trinajstić information content (AvgIpc) is 2.72. The highest BCUT2D eigenvalue weighted by molar-refractivity contribution is 5.85. The Labute approximate surface area is 93.9 Å². The van der Waals surface area contributed by atoms with Gasteiger partial charge in [-0.25, -0.2) is 0 Å². The molecule has 0 amide bonds. The molecule has 0 fully saturated rings. The van der Waals surface area contributed by atoms with Crippen LogP contribution in [0.1, 0.15) is 17.4 Å². The van der Waals surface area contributed by atoms with Gasteiger partial charge in [0.25, 0.3) is 0 Å². The van der Waals surface area contributed by atoms with Crippen molar-refractivity contribution in [2.75, 3.05) is 0 Å². The molecule has 0 aliphatic heterocycles. The number of halogens is 1. The van der Waals surface area contributed by atoms with Gasteiger partial charge in [-0.15, -0.1) is 12.4 Å². The van der Waals surface area contributed by atoms with Crippen molar-refractivity contribution >= 4 is 12.4 Å². The molecule has 1 unspecified atom stereocenters. The molecule has 0 bridgehead atoms. The SMILES string of the molecule is Cl.NC(Cc1ccccc1)c1ncon1. The molecule has 0 saturated heterocycles. The second-order valence-electron chi connectivity index (χ2n) is 3.09. The molecule has 80 valence electrons. The third-order valence-corrected chi connectivity index (χ3v) is 2.01. The lowest BCUT2D eigenvalue weighted by molar-refractivity contribution is 0.404. The minimum Gasteiger partial charge on any atom is -0.343 e. The third kappa shape index (κ3) is 3.04. The minimum absolute atomic E-state index is 0. The van der Waals surface area contributed by atoms with E-state index in [1.165, 1.54) is 12.0 Å². The van der Waals surface area contributed by atoms with Gasteiger partial charge in [-0.2, -0.15) is 4.98 Å². The molecule has 2 aromatic rings. The van der Waals surface area contributed by atoms with E-state index in [1.807, 2.05) is 30.3 Å². The van der Waals surface area contributed by atoms with Crippen LogP contribution in [0.25, 0.3) is 0 Å². The first-order valence-corrected chi connectivity index (χ1v) is 4.42. The summed E-state index contributed by atoms with van der Waals surface area (Å²) in [5.74, 6) is 0.550. The number of benzene rings is 1. The third-order valence-electron chi connectivity index (χ3n) is 2.01. The molecule has 0 aliphatic rings.